The number of nitrogens with zero attached hydrogens (tertiary/aromatic N) is 2. The predicted octanol–water partition coefficient (Wildman–Crippen LogP) is 3.57. The number of nitriles is 1. The molecule has 0 spiro atoms. The highest BCUT2D eigenvalue weighted by molar-refractivity contribution is 7.09. The Morgan fingerprint density at radius 2 is 2.11 bits per heavy atom. The highest BCUT2D eigenvalue weighted by atomic mass is 32.1. The zero-order chi connectivity index (χ0) is 19.3. The second-order valence-electron chi connectivity index (χ2n) is 7.17. The molecule has 6 heteroatoms. The van der Waals surface area contributed by atoms with Crippen LogP contribution in [0.1, 0.15) is 30.2 Å². The molecule has 0 aliphatic heterocycles. The van der Waals surface area contributed by atoms with Gasteiger partial charge in [-0.3, -0.25) is 9.69 Å². The van der Waals surface area contributed by atoms with E-state index in [0.29, 0.717) is 13.1 Å². The quantitative estimate of drug-likeness (QED) is 0.719. The number of carbonyl (C=O) groups is 1. The van der Waals surface area contributed by atoms with E-state index in [9.17, 15) is 10.1 Å². The van der Waals surface area contributed by atoms with Crippen molar-refractivity contribution in [1.29, 1.82) is 5.26 Å². The maximum Gasteiger partial charge on any atom is 0.235 e. The molecule has 2 aromatic rings. The normalized spacial score (nSPS) is 15.8. The molecule has 1 atom stereocenters. The molecule has 1 amide bonds. The summed E-state index contributed by atoms with van der Waals surface area (Å²) in [6.07, 6.45) is 2.01. The van der Waals surface area contributed by atoms with Gasteiger partial charge < -0.3 is 10.1 Å². The van der Waals surface area contributed by atoms with Gasteiger partial charge in [0, 0.05) is 23.5 Å². The number of rotatable bonds is 9. The van der Waals surface area contributed by atoms with Crippen molar-refractivity contribution in [3.63, 3.8) is 0 Å². The van der Waals surface area contributed by atoms with E-state index in [2.05, 4.69) is 22.4 Å². The van der Waals surface area contributed by atoms with Crippen LogP contribution in [0.25, 0.3) is 0 Å². The maximum absolute atomic E-state index is 12.7. The van der Waals surface area contributed by atoms with Crippen LogP contribution in [0.15, 0.2) is 41.8 Å². The molecule has 3 rings (SSSR count). The van der Waals surface area contributed by atoms with Crippen molar-refractivity contribution >= 4 is 17.2 Å². The molecule has 1 heterocycles. The van der Waals surface area contributed by atoms with Crippen LogP contribution in [-0.4, -0.2) is 30.0 Å². The number of amides is 1. The standard InChI is InChI=1S/C21H25N3O2S/c1-21(15-22,17-9-10-17)23-20(25)14-24(13-18-7-5-11-27-18)12-16-6-3-4-8-19(16)26-2/h3-8,11,17H,9-10,12-14H2,1-2H3,(H,23,25). The summed E-state index contributed by atoms with van der Waals surface area (Å²) < 4.78 is 5.46. The summed E-state index contributed by atoms with van der Waals surface area (Å²) in [6.45, 7) is 3.34. The molecule has 5 nitrogen and oxygen atoms in total. The lowest BCUT2D eigenvalue weighted by Crippen LogP contribution is -2.50. The number of benzene rings is 1. The molecule has 1 unspecified atom stereocenters. The fourth-order valence-corrected chi connectivity index (χ4v) is 4.03. The Hall–Kier alpha value is -2.36. The summed E-state index contributed by atoms with van der Waals surface area (Å²) in [5.41, 5.74) is 0.269. The summed E-state index contributed by atoms with van der Waals surface area (Å²) >= 11 is 1.67. The Morgan fingerprint density at radius 3 is 2.74 bits per heavy atom. The Balaban J connectivity index is 1.71. The number of nitrogens with one attached hydrogen (secondary N) is 1. The molecule has 0 radical (unpaired) electrons. The van der Waals surface area contributed by atoms with E-state index in [1.165, 1.54) is 4.88 Å². The molecule has 0 saturated heterocycles. The number of para-hydroxylation sites is 1. The molecule has 1 saturated carbocycles. The number of thiophene rings is 1. The van der Waals surface area contributed by atoms with Crippen LogP contribution in [-0.2, 0) is 17.9 Å². The second-order valence-corrected chi connectivity index (χ2v) is 8.21. The highest BCUT2D eigenvalue weighted by Crippen LogP contribution is 2.39. The first kappa shape index (κ1) is 19.4. The van der Waals surface area contributed by atoms with Gasteiger partial charge in [-0.25, -0.2) is 0 Å². The molecule has 1 aromatic heterocycles. The van der Waals surface area contributed by atoms with Crippen LogP contribution in [0.3, 0.4) is 0 Å². The van der Waals surface area contributed by atoms with Gasteiger partial charge in [0.1, 0.15) is 11.3 Å². The van der Waals surface area contributed by atoms with E-state index >= 15 is 0 Å². The maximum atomic E-state index is 12.7. The first-order valence-electron chi connectivity index (χ1n) is 9.13. The smallest absolute Gasteiger partial charge is 0.235 e. The van der Waals surface area contributed by atoms with Crippen LogP contribution >= 0.6 is 11.3 Å². The van der Waals surface area contributed by atoms with Gasteiger partial charge in [0.15, 0.2) is 0 Å². The number of hydrogen-bond acceptors (Lipinski definition) is 5. The van der Waals surface area contributed by atoms with E-state index in [0.717, 1.165) is 24.2 Å². The topological polar surface area (TPSA) is 65.4 Å². The largest absolute Gasteiger partial charge is 0.496 e. The van der Waals surface area contributed by atoms with Gasteiger partial charge in [0.2, 0.25) is 5.91 Å². The van der Waals surface area contributed by atoms with Crippen molar-refractivity contribution in [2.75, 3.05) is 13.7 Å². The van der Waals surface area contributed by atoms with Crippen LogP contribution in [0.5, 0.6) is 5.75 Å². The summed E-state index contributed by atoms with van der Waals surface area (Å²) in [7, 11) is 1.66. The Labute approximate surface area is 164 Å². The lowest BCUT2D eigenvalue weighted by atomic mass is 9.98. The SMILES string of the molecule is COc1ccccc1CN(CC(=O)NC(C)(C#N)C1CC1)Cc1cccs1. The van der Waals surface area contributed by atoms with Crippen molar-refractivity contribution in [3.8, 4) is 11.8 Å². The fourth-order valence-electron chi connectivity index (χ4n) is 3.28. The molecule has 142 valence electrons. The van der Waals surface area contributed by atoms with Crippen molar-refractivity contribution < 1.29 is 9.53 Å². The third-order valence-electron chi connectivity index (χ3n) is 4.94. The first-order valence-corrected chi connectivity index (χ1v) is 10.0. The molecular formula is C21H25N3O2S. The molecule has 0 bridgehead atoms. The molecule has 27 heavy (non-hydrogen) atoms. The highest BCUT2D eigenvalue weighted by Gasteiger charge is 2.43. The minimum atomic E-state index is -0.768. The number of ether oxygens (including phenoxy) is 1. The molecule has 1 aliphatic rings. The number of methoxy groups -OCH3 is 1. The number of hydrogen-bond donors (Lipinski definition) is 1. The lowest BCUT2D eigenvalue weighted by molar-refractivity contribution is -0.123. The van der Waals surface area contributed by atoms with E-state index in [1.54, 1.807) is 18.4 Å². The van der Waals surface area contributed by atoms with Crippen molar-refractivity contribution in [2.24, 2.45) is 5.92 Å². The Morgan fingerprint density at radius 1 is 1.33 bits per heavy atom. The van der Waals surface area contributed by atoms with Crippen molar-refractivity contribution in [2.45, 2.75) is 38.4 Å². The summed E-state index contributed by atoms with van der Waals surface area (Å²) in [5.74, 6) is 0.970. The zero-order valence-corrected chi connectivity index (χ0v) is 16.6. The van der Waals surface area contributed by atoms with Gasteiger partial charge in [-0.15, -0.1) is 11.3 Å². The zero-order valence-electron chi connectivity index (χ0n) is 15.8. The third-order valence-corrected chi connectivity index (χ3v) is 5.80. The van der Waals surface area contributed by atoms with Crippen molar-refractivity contribution in [3.05, 3.63) is 52.2 Å². The van der Waals surface area contributed by atoms with Gasteiger partial charge in [0.05, 0.1) is 19.7 Å². The van der Waals surface area contributed by atoms with Crippen LogP contribution < -0.4 is 10.1 Å². The number of carbonyl (C=O) groups excluding carboxylic acids is 1. The minimum Gasteiger partial charge on any atom is -0.496 e. The second kappa shape index (κ2) is 8.55. The van der Waals surface area contributed by atoms with Gasteiger partial charge in [-0.05, 0) is 43.2 Å². The van der Waals surface area contributed by atoms with E-state index < -0.39 is 5.54 Å². The molecule has 1 fully saturated rings. The molecule has 1 N–H and O–H groups in total. The van der Waals surface area contributed by atoms with E-state index in [-0.39, 0.29) is 18.4 Å². The van der Waals surface area contributed by atoms with Crippen LogP contribution in [0.4, 0.5) is 0 Å². The van der Waals surface area contributed by atoms with Crippen molar-refractivity contribution in [1.82, 2.24) is 10.2 Å². The summed E-state index contributed by atoms with van der Waals surface area (Å²) in [6, 6.07) is 14.2. The Bertz CT molecular complexity index is 811. The first-order chi connectivity index (χ1) is 13.0. The van der Waals surface area contributed by atoms with Gasteiger partial charge in [-0.1, -0.05) is 24.3 Å². The fraction of sp³-hybridized carbons (Fsp3) is 0.429. The van der Waals surface area contributed by atoms with E-state index in [4.69, 9.17) is 4.74 Å². The minimum absolute atomic E-state index is 0.114. The van der Waals surface area contributed by atoms with Crippen LogP contribution in [0, 0.1) is 17.2 Å². The van der Waals surface area contributed by atoms with Gasteiger partial charge >= 0.3 is 0 Å². The van der Waals surface area contributed by atoms with Gasteiger partial charge in [0.25, 0.3) is 0 Å². The monoisotopic (exact) mass is 383 g/mol. The molecule has 1 aliphatic carbocycles. The predicted molar refractivity (Wildman–Crippen MR) is 106 cm³/mol. The molecular weight excluding hydrogens is 358 g/mol. The average Bonchev–Trinajstić information content (AvgIpc) is 3.41. The average molecular weight is 384 g/mol. The Kier molecular flexibility index (Phi) is 6.15. The van der Waals surface area contributed by atoms with E-state index in [1.807, 2.05) is 42.6 Å². The van der Waals surface area contributed by atoms with Crippen LogP contribution in [0.2, 0.25) is 0 Å². The van der Waals surface area contributed by atoms with Gasteiger partial charge in [-0.2, -0.15) is 5.26 Å². The summed E-state index contributed by atoms with van der Waals surface area (Å²) in [4.78, 5) is 16.0. The lowest BCUT2D eigenvalue weighted by Gasteiger charge is -2.27. The summed E-state index contributed by atoms with van der Waals surface area (Å²) in [5, 5.41) is 14.5. The third kappa shape index (κ3) is 5.09. The molecule has 1 aromatic carbocycles.